The maximum Gasteiger partial charge on any atom is 0.220 e. The van der Waals surface area contributed by atoms with E-state index in [2.05, 4.69) is 48.7 Å². The number of carbonyl (C=O) groups is 1. The quantitative estimate of drug-likeness (QED) is 0.0261. The van der Waals surface area contributed by atoms with Gasteiger partial charge in [-0.2, -0.15) is 0 Å². The molecule has 0 aromatic heterocycles. The van der Waals surface area contributed by atoms with Crippen molar-refractivity contribution in [1.82, 2.24) is 5.32 Å². The lowest BCUT2D eigenvalue weighted by molar-refractivity contribution is -0.302. The molecule has 1 aliphatic rings. The number of nitrogens with one attached hydrogen (secondary N) is 1. The SMILES string of the molecule is CCC/C=C/C(O)C(COC1OC(CO)C(O)C(O)C1O)NC(=O)CCCCCCCCCCCCCCCCCCCCCCCCCC/C=C\C/C=C\C/C=C\CCCCCCC. The van der Waals surface area contributed by atoms with Gasteiger partial charge in [0.25, 0.3) is 0 Å². The third-order valence-corrected chi connectivity index (χ3v) is 12.9. The van der Waals surface area contributed by atoms with Crippen molar-refractivity contribution in [2.45, 2.75) is 288 Å². The maximum absolute atomic E-state index is 12.8. The molecule has 1 heterocycles. The van der Waals surface area contributed by atoms with Gasteiger partial charge in [0.1, 0.15) is 24.4 Å². The van der Waals surface area contributed by atoms with Crippen molar-refractivity contribution in [1.29, 1.82) is 0 Å². The maximum atomic E-state index is 12.8. The topological polar surface area (TPSA) is 149 Å². The van der Waals surface area contributed by atoms with Crippen LogP contribution in [-0.2, 0) is 14.3 Å². The summed E-state index contributed by atoms with van der Waals surface area (Å²) in [4.78, 5) is 12.8. The Kier molecular flexibility index (Phi) is 43.2. The molecule has 1 fully saturated rings. The number of allylic oxidation sites excluding steroid dienone is 7. The summed E-state index contributed by atoms with van der Waals surface area (Å²) < 4.78 is 11.1. The van der Waals surface area contributed by atoms with Crippen LogP contribution in [0.3, 0.4) is 0 Å². The van der Waals surface area contributed by atoms with Crippen LogP contribution in [0.2, 0.25) is 0 Å². The molecule has 0 saturated carbocycles. The predicted molar refractivity (Wildman–Crippen MR) is 272 cm³/mol. The number of unbranched alkanes of at least 4 members (excludes halogenated alkanes) is 30. The molecular weight excluding hydrogens is 815 g/mol. The van der Waals surface area contributed by atoms with Gasteiger partial charge < -0.3 is 40.3 Å². The van der Waals surface area contributed by atoms with Crippen molar-refractivity contribution >= 4 is 5.91 Å². The number of carbonyl (C=O) groups excluding carboxylic acids is 1. The minimum absolute atomic E-state index is 0.187. The van der Waals surface area contributed by atoms with Crippen molar-refractivity contribution < 1.29 is 39.8 Å². The third-order valence-electron chi connectivity index (χ3n) is 12.9. The Morgan fingerprint density at radius 2 is 0.938 bits per heavy atom. The molecule has 1 amide bonds. The number of aliphatic hydroxyl groups is 5. The Labute approximate surface area is 399 Å². The lowest BCUT2D eigenvalue weighted by atomic mass is 9.99. The number of hydrogen-bond acceptors (Lipinski definition) is 8. The molecule has 9 nitrogen and oxygen atoms in total. The highest BCUT2D eigenvalue weighted by atomic mass is 16.7. The van der Waals surface area contributed by atoms with Gasteiger partial charge in [-0.3, -0.25) is 4.79 Å². The number of rotatable bonds is 46. The highest BCUT2D eigenvalue weighted by Gasteiger charge is 2.44. The lowest BCUT2D eigenvalue weighted by Crippen LogP contribution is -2.60. The first-order valence-corrected chi connectivity index (χ1v) is 27.4. The molecular formula is C56H103NO8. The number of ether oxygens (including phenoxy) is 2. The smallest absolute Gasteiger partial charge is 0.220 e. The Morgan fingerprint density at radius 3 is 1.37 bits per heavy atom. The van der Waals surface area contributed by atoms with E-state index in [-0.39, 0.29) is 12.5 Å². The molecule has 0 aliphatic carbocycles. The zero-order valence-corrected chi connectivity index (χ0v) is 42.0. The van der Waals surface area contributed by atoms with Gasteiger partial charge in [0.2, 0.25) is 5.91 Å². The van der Waals surface area contributed by atoms with Crippen LogP contribution in [0.25, 0.3) is 0 Å². The molecule has 9 heteroatoms. The molecule has 0 aromatic carbocycles. The molecule has 1 rings (SSSR count). The average molecular weight is 918 g/mol. The summed E-state index contributed by atoms with van der Waals surface area (Å²) >= 11 is 0. The van der Waals surface area contributed by atoms with Crippen LogP contribution in [0, 0.1) is 0 Å². The monoisotopic (exact) mass is 918 g/mol. The van der Waals surface area contributed by atoms with Crippen LogP contribution in [0.5, 0.6) is 0 Å². The van der Waals surface area contributed by atoms with Crippen LogP contribution in [0.4, 0.5) is 0 Å². The standard InChI is InChI=1S/C56H103NO8/c1-3-5-7-8-9-10-11-12-13-14-15-16-17-18-19-20-21-22-23-24-25-26-27-28-29-30-31-32-33-34-35-36-37-38-39-40-41-42-44-46-52(60)57-49(50(59)45-43-6-4-2)48-64-56-55(63)54(62)53(61)51(47-58)65-56/h11-12,14-15,17-18,43,45,49-51,53-56,58-59,61-63H,3-10,13,16,19-42,44,46-48H2,1-2H3,(H,57,60)/b12-11-,15-14-,18-17-,45-43+. The van der Waals surface area contributed by atoms with Gasteiger partial charge in [0, 0.05) is 6.42 Å². The van der Waals surface area contributed by atoms with Crippen LogP contribution in [0.15, 0.2) is 48.6 Å². The van der Waals surface area contributed by atoms with Crippen molar-refractivity contribution in [3.05, 3.63) is 48.6 Å². The van der Waals surface area contributed by atoms with Crippen LogP contribution < -0.4 is 5.32 Å². The normalized spacial score (nSPS) is 20.3. The number of aliphatic hydroxyl groups excluding tert-OH is 5. The Morgan fingerprint density at radius 1 is 0.523 bits per heavy atom. The van der Waals surface area contributed by atoms with Gasteiger partial charge >= 0.3 is 0 Å². The highest BCUT2D eigenvalue weighted by Crippen LogP contribution is 2.23. The summed E-state index contributed by atoms with van der Waals surface area (Å²) in [6.07, 6.45) is 54.6. The van der Waals surface area contributed by atoms with Crippen molar-refractivity contribution in [3.63, 3.8) is 0 Å². The Balaban J connectivity index is 1.90. The van der Waals surface area contributed by atoms with E-state index >= 15 is 0 Å². The fourth-order valence-corrected chi connectivity index (χ4v) is 8.52. The molecule has 1 saturated heterocycles. The second-order valence-corrected chi connectivity index (χ2v) is 19.0. The van der Waals surface area contributed by atoms with Gasteiger partial charge in [-0.1, -0.05) is 236 Å². The van der Waals surface area contributed by atoms with E-state index in [0.29, 0.717) is 6.42 Å². The number of hydrogen-bond donors (Lipinski definition) is 6. The zero-order valence-electron chi connectivity index (χ0n) is 42.0. The summed E-state index contributed by atoms with van der Waals surface area (Å²) in [7, 11) is 0. The van der Waals surface area contributed by atoms with Gasteiger partial charge in [0.15, 0.2) is 6.29 Å². The van der Waals surface area contributed by atoms with Gasteiger partial charge in [-0.25, -0.2) is 0 Å². The first-order valence-electron chi connectivity index (χ1n) is 27.4. The van der Waals surface area contributed by atoms with E-state index in [1.807, 2.05) is 13.0 Å². The first-order chi connectivity index (χ1) is 31.8. The van der Waals surface area contributed by atoms with E-state index in [0.717, 1.165) is 44.9 Å². The predicted octanol–water partition coefficient (Wildman–Crippen LogP) is 13.0. The summed E-state index contributed by atoms with van der Waals surface area (Å²) in [5.41, 5.74) is 0. The van der Waals surface area contributed by atoms with E-state index in [1.54, 1.807) is 6.08 Å². The van der Waals surface area contributed by atoms with Crippen molar-refractivity contribution in [2.24, 2.45) is 0 Å². The fraction of sp³-hybridized carbons (Fsp3) is 0.839. The second kappa shape index (κ2) is 45.9. The summed E-state index contributed by atoms with van der Waals surface area (Å²) in [5.74, 6) is -0.187. The van der Waals surface area contributed by atoms with E-state index in [4.69, 9.17) is 9.47 Å². The average Bonchev–Trinajstić information content (AvgIpc) is 3.30. The van der Waals surface area contributed by atoms with Crippen molar-refractivity contribution in [2.75, 3.05) is 13.2 Å². The minimum atomic E-state index is -1.56. The van der Waals surface area contributed by atoms with E-state index in [9.17, 15) is 30.3 Å². The van der Waals surface area contributed by atoms with E-state index in [1.165, 1.54) is 180 Å². The molecule has 7 atom stereocenters. The molecule has 1 aliphatic heterocycles. The van der Waals surface area contributed by atoms with Gasteiger partial charge in [-0.05, 0) is 51.4 Å². The van der Waals surface area contributed by atoms with Crippen LogP contribution >= 0.6 is 0 Å². The number of amides is 1. The zero-order chi connectivity index (χ0) is 47.3. The minimum Gasteiger partial charge on any atom is -0.394 e. The van der Waals surface area contributed by atoms with Gasteiger partial charge in [-0.15, -0.1) is 0 Å². The lowest BCUT2D eigenvalue weighted by Gasteiger charge is -2.40. The van der Waals surface area contributed by atoms with Crippen LogP contribution in [-0.4, -0.2) is 87.5 Å². The molecule has 0 radical (unpaired) electrons. The third kappa shape index (κ3) is 35.9. The molecule has 7 unspecified atom stereocenters. The van der Waals surface area contributed by atoms with Crippen LogP contribution in [0.1, 0.15) is 245 Å². The molecule has 0 bridgehead atoms. The summed E-state index contributed by atoms with van der Waals surface area (Å²) in [6, 6.07) is -0.798. The molecule has 380 valence electrons. The Hall–Kier alpha value is -1.85. The fourth-order valence-electron chi connectivity index (χ4n) is 8.52. The molecule has 0 spiro atoms. The summed E-state index contributed by atoms with van der Waals surface area (Å²) in [5, 5.41) is 53.5. The first kappa shape index (κ1) is 61.2. The largest absolute Gasteiger partial charge is 0.394 e. The molecule has 0 aromatic rings. The Bertz CT molecular complexity index is 1160. The van der Waals surface area contributed by atoms with E-state index < -0.39 is 49.5 Å². The molecule has 6 N–H and O–H groups in total. The summed E-state index contributed by atoms with van der Waals surface area (Å²) in [6.45, 7) is 3.55. The second-order valence-electron chi connectivity index (χ2n) is 19.0. The highest BCUT2D eigenvalue weighted by molar-refractivity contribution is 5.76. The molecule has 65 heavy (non-hydrogen) atoms. The van der Waals surface area contributed by atoms with Crippen molar-refractivity contribution in [3.8, 4) is 0 Å². The van der Waals surface area contributed by atoms with Gasteiger partial charge in [0.05, 0.1) is 25.4 Å².